The van der Waals surface area contributed by atoms with Gasteiger partial charge in [0.1, 0.15) is 0 Å². The van der Waals surface area contributed by atoms with Crippen LogP contribution in [0.4, 0.5) is 0 Å². The second-order valence-electron chi connectivity index (χ2n) is 4.10. The summed E-state index contributed by atoms with van der Waals surface area (Å²) in [5.41, 5.74) is 1.21. The number of rotatable bonds is 3. The van der Waals surface area contributed by atoms with Crippen LogP contribution in [0.2, 0.25) is 0 Å². The molecular formula is C13H18O2. The van der Waals surface area contributed by atoms with Crippen molar-refractivity contribution in [1.29, 1.82) is 0 Å². The maximum atomic E-state index is 5.72. The van der Waals surface area contributed by atoms with E-state index in [-0.39, 0.29) is 6.29 Å². The Kier molecular flexibility index (Phi) is 3.75. The fraction of sp³-hybridized carbons (Fsp3) is 0.538. The van der Waals surface area contributed by atoms with Gasteiger partial charge in [0, 0.05) is 0 Å². The summed E-state index contributed by atoms with van der Waals surface area (Å²) >= 11 is 0. The quantitative estimate of drug-likeness (QED) is 0.756. The average molecular weight is 206 g/mol. The lowest BCUT2D eigenvalue weighted by Gasteiger charge is -2.27. The molecular weight excluding hydrogens is 188 g/mol. The number of hydrogen-bond acceptors (Lipinski definition) is 2. The van der Waals surface area contributed by atoms with Crippen LogP contribution in [-0.2, 0) is 16.1 Å². The Balaban J connectivity index is 1.78. The maximum absolute atomic E-state index is 5.72. The van der Waals surface area contributed by atoms with Gasteiger partial charge >= 0.3 is 0 Å². The van der Waals surface area contributed by atoms with Crippen molar-refractivity contribution in [3.05, 3.63) is 35.9 Å². The maximum Gasteiger partial charge on any atom is 0.158 e. The molecule has 82 valence electrons. The minimum atomic E-state index is -0.00560. The molecule has 0 saturated carbocycles. The van der Waals surface area contributed by atoms with Crippen LogP contribution in [-0.4, -0.2) is 12.4 Å². The monoisotopic (exact) mass is 206 g/mol. The molecule has 1 aliphatic rings. The van der Waals surface area contributed by atoms with E-state index in [0.717, 1.165) is 12.8 Å². The first-order chi connectivity index (χ1) is 7.34. The Morgan fingerprint density at radius 1 is 1.27 bits per heavy atom. The van der Waals surface area contributed by atoms with Crippen LogP contribution in [0.25, 0.3) is 0 Å². The zero-order chi connectivity index (χ0) is 10.5. The summed E-state index contributed by atoms with van der Waals surface area (Å²) in [6, 6.07) is 10.2. The number of hydrogen-bond donors (Lipinski definition) is 0. The minimum Gasteiger partial charge on any atom is -0.350 e. The summed E-state index contributed by atoms with van der Waals surface area (Å²) in [7, 11) is 0. The highest BCUT2D eigenvalue weighted by Gasteiger charge is 2.19. The Morgan fingerprint density at radius 3 is 2.80 bits per heavy atom. The van der Waals surface area contributed by atoms with Crippen LogP contribution in [0.5, 0.6) is 0 Å². The molecule has 0 spiro atoms. The van der Waals surface area contributed by atoms with E-state index in [1.807, 2.05) is 18.2 Å². The fourth-order valence-corrected chi connectivity index (χ4v) is 1.85. The van der Waals surface area contributed by atoms with Crippen molar-refractivity contribution in [1.82, 2.24) is 0 Å². The molecule has 2 nitrogen and oxygen atoms in total. The third-order valence-electron chi connectivity index (χ3n) is 2.71. The van der Waals surface area contributed by atoms with Crippen molar-refractivity contribution in [3.8, 4) is 0 Å². The van der Waals surface area contributed by atoms with Crippen LogP contribution in [0, 0.1) is 0 Å². The highest BCUT2D eigenvalue weighted by atomic mass is 16.7. The van der Waals surface area contributed by atoms with Gasteiger partial charge in [-0.3, -0.25) is 0 Å². The van der Waals surface area contributed by atoms with E-state index in [4.69, 9.17) is 9.47 Å². The third kappa shape index (κ3) is 3.33. The molecule has 0 aliphatic carbocycles. The molecule has 0 bridgehead atoms. The van der Waals surface area contributed by atoms with Gasteiger partial charge in [-0.25, -0.2) is 0 Å². The van der Waals surface area contributed by atoms with Crippen molar-refractivity contribution < 1.29 is 9.47 Å². The zero-order valence-corrected chi connectivity index (χ0v) is 9.19. The Labute approximate surface area is 91.2 Å². The van der Waals surface area contributed by atoms with Gasteiger partial charge in [0.05, 0.1) is 12.7 Å². The highest BCUT2D eigenvalue weighted by molar-refractivity contribution is 5.13. The first kappa shape index (κ1) is 10.7. The van der Waals surface area contributed by atoms with Gasteiger partial charge in [-0.15, -0.1) is 0 Å². The Morgan fingerprint density at radius 2 is 2.07 bits per heavy atom. The van der Waals surface area contributed by atoms with Crippen LogP contribution in [0.1, 0.15) is 31.7 Å². The number of benzene rings is 1. The third-order valence-corrected chi connectivity index (χ3v) is 2.71. The molecule has 0 aromatic heterocycles. The van der Waals surface area contributed by atoms with Crippen molar-refractivity contribution >= 4 is 0 Å². The van der Waals surface area contributed by atoms with Gasteiger partial charge < -0.3 is 9.47 Å². The van der Waals surface area contributed by atoms with Crippen LogP contribution in [0.15, 0.2) is 30.3 Å². The molecule has 0 radical (unpaired) electrons. The minimum absolute atomic E-state index is 0.00560. The largest absolute Gasteiger partial charge is 0.350 e. The van der Waals surface area contributed by atoms with Gasteiger partial charge in [0.15, 0.2) is 6.29 Å². The van der Waals surface area contributed by atoms with Crippen LogP contribution >= 0.6 is 0 Å². The second-order valence-corrected chi connectivity index (χ2v) is 4.10. The average Bonchev–Trinajstić information content (AvgIpc) is 2.28. The lowest BCUT2D eigenvalue weighted by molar-refractivity contribution is -0.194. The summed E-state index contributed by atoms with van der Waals surface area (Å²) in [5, 5.41) is 0. The van der Waals surface area contributed by atoms with E-state index in [0.29, 0.717) is 12.7 Å². The molecule has 2 heteroatoms. The number of ether oxygens (including phenoxy) is 2. The SMILES string of the molecule is C[C@@H]1CCC[C@H](OCc2ccccc2)O1. The first-order valence-corrected chi connectivity index (χ1v) is 5.65. The van der Waals surface area contributed by atoms with Crippen molar-refractivity contribution in [2.45, 2.75) is 45.2 Å². The molecule has 1 heterocycles. The van der Waals surface area contributed by atoms with Crippen LogP contribution < -0.4 is 0 Å². The smallest absolute Gasteiger partial charge is 0.158 e. The van der Waals surface area contributed by atoms with Gasteiger partial charge in [0.2, 0.25) is 0 Å². The topological polar surface area (TPSA) is 18.5 Å². The van der Waals surface area contributed by atoms with E-state index >= 15 is 0 Å². The predicted molar refractivity (Wildman–Crippen MR) is 59.4 cm³/mol. The van der Waals surface area contributed by atoms with Crippen molar-refractivity contribution in [2.75, 3.05) is 0 Å². The summed E-state index contributed by atoms with van der Waals surface area (Å²) in [6.07, 6.45) is 3.73. The molecule has 0 unspecified atom stereocenters. The standard InChI is InChI=1S/C13H18O2/c1-11-6-5-9-13(15-11)14-10-12-7-3-2-4-8-12/h2-4,7-8,11,13H,5-6,9-10H2,1H3/t11-,13-/m1/s1. The molecule has 2 rings (SSSR count). The van der Waals surface area contributed by atoms with E-state index in [1.165, 1.54) is 12.0 Å². The van der Waals surface area contributed by atoms with Crippen molar-refractivity contribution in [2.24, 2.45) is 0 Å². The molecule has 1 aromatic rings. The summed E-state index contributed by atoms with van der Waals surface area (Å²) in [4.78, 5) is 0. The molecule has 1 fully saturated rings. The van der Waals surface area contributed by atoms with Gasteiger partial charge in [-0.05, 0) is 31.7 Å². The molecule has 1 aromatic carbocycles. The Bertz CT molecular complexity index is 284. The molecule has 1 aliphatic heterocycles. The Hall–Kier alpha value is -0.860. The zero-order valence-electron chi connectivity index (χ0n) is 9.19. The van der Waals surface area contributed by atoms with Gasteiger partial charge in [-0.2, -0.15) is 0 Å². The van der Waals surface area contributed by atoms with E-state index < -0.39 is 0 Å². The predicted octanol–water partition coefficient (Wildman–Crippen LogP) is 3.12. The first-order valence-electron chi connectivity index (χ1n) is 5.65. The molecule has 2 atom stereocenters. The normalized spacial score (nSPS) is 26.5. The lowest BCUT2D eigenvalue weighted by Crippen LogP contribution is -2.27. The summed E-state index contributed by atoms with van der Waals surface area (Å²) in [6.45, 7) is 2.76. The molecule has 0 N–H and O–H groups in total. The second kappa shape index (κ2) is 5.29. The van der Waals surface area contributed by atoms with E-state index in [1.54, 1.807) is 0 Å². The summed E-state index contributed by atoms with van der Waals surface area (Å²) in [5.74, 6) is 0. The molecule has 0 amide bonds. The van der Waals surface area contributed by atoms with Crippen LogP contribution in [0.3, 0.4) is 0 Å². The highest BCUT2D eigenvalue weighted by Crippen LogP contribution is 2.20. The summed E-state index contributed by atoms with van der Waals surface area (Å²) < 4.78 is 11.4. The van der Waals surface area contributed by atoms with Gasteiger partial charge in [-0.1, -0.05) is 30.3 Å². The van der Waals surface area contributed by atoms with E-state index in [9.17, 15) is 0 Å². The van der Waals surface area contributed by atoms with Gasteiger partial charge in [0.25, 0.3) is 0 Å². The molecule has 1 saturated heterocycles. The lowest BCUT2D eigenvalue weighted by atomic mass is 10.1. The van der Waals surface area contributed by atoms with E-state index in [2.05, 4.69) is 19.1 Å². The van der Waals surface area contributed by atoms with Crippen molar-refractivity contribution in [3.63, 3.8) is 0 Å². The molecule has 15 heavy (non-hydrogen) atoms. The fourth-order valence-electron chi connectivity index (χ4n) is 1.85.